The Bertz CT molecular complexity index is 170. The van der Waals surface area contributed by atoms with E-state index in [0.29, 0.717) is 12.6 Å². The Morgan fingerprint density at radius 1 is 1.46 bits per heavy atom. The third-order valence-electron chi connectivity index (χ3n) is 2.64. The average Bonchev–Trinajstić information content (AvgIpc) is 2.04. The van der Waals surface area contributed by atoms with E-state index in [1.807, 2.05) is 0 Å². The lowest BCUT2D eigenvalue weighted by atomic mass is 9.87. The minimum Gasteiger partial charge on any atom is -0.352 e. The molecule has 1 aliphatic rings. The maximum absolute atomic E-state index is 11.2. The molecule has 1 fully saturated rings. The maximum atomic E-state index is 11.2. The molecule has 76 valence electrons. The summed E-state index contributed by atoms with van der Waals surface area (Å²) in [5, 5.41) is 5.90. The third kappa shape index (κ3) is 3.77. The van der Waals surface area contributed by atoms with Crippen LogP contribution in [0.15, 0.2) is 0 Å². The average molecular weight is 184 g/mol. The van der Waals surface area contributed by atoms with Crippen molar-refractivity contribution in [2.24, 2.45) is 5.92 Å². The molecule has 3 heteroatoms. The zero-order valence-corrected chi connectivity index (χ0v) is 8.60. The molecule has 2 unspecified atom stereocenters. The first-order valence-electron chi connectivity index (χ1n) is 5.16. The molecular weight excluding hydrogens is 164 g/mol. The van der Waals surface area contributed by atoms with Gasteiger partial charge in [0, 0.05) is 6.04 Å². The van der Waals surface area contributed by atoms with Gasteiger partial charge in [0.2, 0.25) is 5.91 Å². The van der Waals surface area contributed by atoms with E-state index >= 15 is 0 Å². The monoisotopic (exact) mass is 184 g/mol. The Labute approximate surface area is 80.3 Å². The maximum Gasteiger partial charge on any atom is 0.234 e. The molecular formula is C10H20N2O. The molecule has 1 saturated carbocycles. The molecule has 0 bridgehead atoms. The molecule has 1 rings (SSSR count). The van der Waals surface area contributed by atoms with E-state index < -0.39 is 0 Å². The van der Waals surface area contributed by atoms with Gasteiger partial charge < -0.3 is 10.6 Å². The third-order valence-corrected chi connectivity index (χ3v) is 2.64. The molecule has 13 heavy (non-hydrogen) atoms. The van der Waals surface area contributed by atoms with Crippen LogP contribution in [0.1, 0.15) is 32.6 Å². The zero-order chi connectivity index (χ0) is 9.68. The fraction of sp³-hybridized carbons (Fsp3) is 0.900. The summed E-state index contributed by atoms with van der Waals surface area (Å²) in [7, 11) is 1.79. The van der Waals surface area contributed by atoms with Crippen molar-refractivity contribution < 1.29 is 4.79 Å². The van der Waals surface area contributed by atoms with Crippen molar-refractivity contribution in [2.75, 3.05) is 13.6 Å². The number of amides is 1. The van der Waals surface area contributed by atoms with Gasteiger partial charge in [-0.25, -0.2) is 0 Å². The van der Waals surface area contributed by atoms with Crippen molar-refractivity contribution in [1.29, 1.82) is 0 Å². The molecule has 2 atom stereocenters. The summed E-state index contributed by atoms with van der Waals surface area (Å²) in [6.07, 6.45) is 4.87. The van der Waals surface area contributed by atoms with E-state index in [-0.39, 0.29) is 5.91 Å². The van der Waals surface area contributed by atoms with Gasteiger partial charge in [0.15, 0.2) is 0 Å². The fourth-order valence-corrected chi connectivity index (χ4v) is 2.00. The Balaban J connectivity index is 2.23. The Morgan fingerprint density at radius 2 is 2.23 bits per heavy atom. The highest BCUT2D eigenvalue weighted by atomic mass is 16.1. The van der Waals surface area contributed by atoms with E-state index in [9.17, 15) is 4.79 Å². The van der Waals surface area contributed by atoms with Crippen LogP contribution >= 0.6 is 0 Å². The second-order valence-electron chi connectivity index (χ2n) is 4.07. The molecule has 1 aliphatic carbocycles. The van der Waals surface area contributed by atoms with Crippen molar-refractivity contribution >= 4 is 5.91 Å². The highest BCUT2D eigenvalue weighted by Crippen LogP contribution is 2.23. The molecule has 1 amide bonds. The smallest absolute Gasteiger partial charge is 0.234 e. The molecule has 2 N–H and O–H groups in total. The van der Waals surface area contributed by atoms with Crippen molar-refractivity contribution in [3.8, 4) is 0 Å². The number of carbonyl (C=O) groups is 1. The highest BCUT2D eigenvalue weighted by molar-refractivity contribution is 5.78. The molecule has 0 radical (unpaired) electrons. The Hall–Kier alpha value is -0.570. The summed E-state index contributed by atoms with van der Waals surface area (Å²) in [4.78, 5) is 11.2. The summed E-state index contributed by atoms with van der Waals surface area (Å²) in [5.41, 5.74) is 0. The number of carbonyl (C=O) groups excluding carboxylic acids is 1. The van der Waals surface area contributed by atoms with E-state index in [2.05, 4.69) is 17.6 Å². The lowest BCUT2D eigenvalue weighted by molar-refractivity contribution is -0.121. The highest BCUT2D eigenvalue weighted by Gasteiger charge is 2.19. The molecule has 3 nitrogen and oxygen atoms in total. The fourth-order valence-electron chi connectivity index (χ4n) is 2.00. The van der Waals surface area contributed by atoms with Crippen LogP contribution in [-0.2, 0) is 4.79 Å². The normalized spacial score (nSPS) is 28.5. The minimum absolute atomic E-state index is 0.126. The number of likely N-dealkylation sites (N-methyl/N-ethyl adjacent to an activating group) is 1. The van der Waals surface area contributed by atoms with Crippen molar-refractivity contribution in [2.45, 2.75) is 38.6 Å². The molecule has 0 aromatic carbocycles. The molecule has 0 heterocycles. The first-order chi connectivity index (χ1) is 6.22. The van der Waals surface area contributed by atoms with Crippen LogP contribution in [0.25, 0.3) is 0 Å². The van der Waals surface area contributed by atoms with Crippen LogP contribution in [0.5, 0.6) is 0 Å². The standard InChI is InChI=1S/C10H20N2O/c1-8-4-3-5-9(6-8)12-10(13)7-11-2/h8-9,11H,3-7H2,1-2H3,(H,12,13). The van der Waals surface area contributed by atoms with E-state index in [0.717, 1.165) is 18.8 Å². The first-order valence-corrected chi connectivity index (χ1v) is 5.16. The van der Waals surface area contributed by atoms with E-state index in [4.69, 9.17) is 0 Å². The van der Waals surface area contributed by atoms with Crippen LogP contribution in [0.4, 0.5) is 0 Å². The van der Waals surface area contributed by atoms with Crippen LogP contribution < -0.4 is 10.6 Å². The second kappa shape index (κ2) is 5.22. The van der Waals surface area contributed by atoms with E-state index in [1.165, 1.54) is 12.8 Å². The van der Waals surface area contributed by atoms with Gasteiger partial charge in [-0.2, -0.15) is 0 Å². The Morgan fingerprint density at radius 3 is 2.85 bits per heavy atom. The van der Waals surface area contributed by atoms with Crippen molar-refractivity contribution in [1.82, 2.24) is 10.6 Å². The molecule has 0 spiro atoms. The predicted molar refractivity (Wildman–Crippen MR) is 53.5 cm³/mol. The van der Waals surface area contributed by atoms with Crippen LogP contribution in [0.3, 0.4) is 0 Å². The van der Waals surface area contributed by atoms with Gasteiger partial charge in [-0.15, -0.1) is 0 Å². The number of nitrogens with one attached hydrogen (secondary N) is 2. The summed E-state index contributed by atoms with van der Waals surface area (Å²) in [5.74, 6) is 0.898. The quantitative estimate of drug-likeness (QED) is 0.684. The molecule has 0 aliphatic heterocycles. The minimum atomic E-state index is 0.126. The summed E-state index contributed by atoms with van der Waals surface area (Å²) in [6.45, 7) is 2.70. The van der Waals surface area contributed by atoms with Gasteiger partial charge >= 0.3 is 0 Å². The van der Waals surface area contributed by atoms with E-state index in [1.54, 1.807) is 7.05 Å². The van der Waals surface area contributed by atoms with Gasteiger partial charge in [0.05, 0.1) is 6.54 Å². The lowest BCUT2D eigenvalue weighted by Gasteiger charge is -2.27. The lowest BCUT2D eigenvalue weighted by Crippen LogP contribution is -2.41. The van der Waals surface area contributed by atoms with Gasteiger partial charge in [-0.1, -0.05) is 19.8 Å². The number of rotatable bonds is 3. The molecule has 0 aromatic rings. The van der Waals surface area contributed by atoms with Crippen LogP contribution in [0, 0.1) is 5.92 Å². The van der Waals surface area contributed by atoms with Crippen LogP contribution in [-0.4, -0.2) is 25.5 Å². The summed E-state index contributed by atoms with van der Waals surface area (Å²) >= 11 is 0. The molecule has 0 aromatic heterocycles. The van der Waals surface area contributed by atoms with Gasteiger partial charge in [0.25, 0.3) is 0 Å². The van der Waals surface area contributed by atoms with Gasteiger partial charge in [-0.3, -0.25) is 4.79 Å². The summed E-state index contributed by atoms with van der Waals surface area (Å²) in [6, 6.07) is 0.421. The van der Waals surface area contributed by atoms with Crippen molar-refractivity contribution in [3.63, 3.8) is 0 Å². The van der Waals surface area contributed by atoms with Gasteiger partial charge in [-0.05, 0) is 25.8 Å². The molecule has 0 saturated heterocycles. The summed E-state index contributed by atoms with van der Waals surface area (Å²) < 4.78 is 0. The topological polar surface area (TPSA) is 41.1 Å². The second-order valence-corrected chi connectivity index (χ2v) is 4.07. The number of hydrogen-bond acceptors (Lipinski definition) is 2. The van der Waals surface area contributed by atoms with Gasteiger partial charge in [0.1, 0.15) is 0 Å². The zero-order valence-electron chi connectivity index (χ0n) is 8.60. The Kier molecular flexibility index (Phi) is 4.22. The largest absolute Gasteiger partial charge is 0.352 e. The van der Waals surface area contributed by atoms with Crippen LogP contribution in [0.2, 0.25) is 0 Å². The SMILES string of the molecule is CNCC(=O)NC1CCCC(C)C1. The first kappa shape index (κ1) is 10.5. The number of hydrogen-bond donors (Lipinski definition) is 2. The van der Waals surface area contributed by atoms with Crippen molar-refractivity contribution in [3.05, 3.63) is 0 Å². The predicted octanol–water partition coefficient (Wildman–Crippen LogP) is 0.901.